The van der Waals surface area contributed by atoms with Gasteiger partial charge in [0.2, 0.25) is 5.89 Å². The van der Waals surface area contributed by atoms with E-state index in [2.05, 4.69) is 15.0 Å². The van der Waals surface area contributed by atoms with Crippen LogP contribution in [0.4, 0.5) is 0 Å². The fourth-order valence-electron chi connectivity index (χ4n) is 5.19. The second-order valence-corrected chi connectivity index (χ2v) is 8.13. The maximum absolute atomic E-state index is 5.62. The number of aromatic nitrogens is 2. The Balaban J connectivity index is 0.00000182. The zero-order valence-electron chi connectivity index (χ0n) is 15.2. The molecule has 1 heterocycles. The molecule has 2 N–H and O–H groups in total. The molecule has 0 aliphatic heterocycles. The first-order valence-corrected chi connectivity index (χ1v) is 10.1. The quantitative estimate of drug-likeness (QED) is 0.820. The summed E-state index contributed by atoms with van der Waals surface area (Å²) in [7, 11) is 0. The van der Waals surface area contributed by atoms with Crippen molar-refractivity contribution in [2.75, 3.05) is 0 Å². The van der Waals surface area contributed by atoms with Crippen molar-refractivity contribution in [2.24, 2.45) is 17.6 Å². The highest BCUT2D eigenvalue weighted by molar-refractivity contribution is 5.85. The number of hydrogen-bond acceptors (Lipinski definition) is 5. The maximum atomic E-state index is 5.62. The molecule has 5 nitrogen and oxygen atoms in total. The molecular weight excluding hydrogens is 336 g/mol. The average molecular weight is 369 g/mol. The topological polar surface area (TPSA) is 68.2 Å². The first kappa shape index (κ1) is 19.1. The van der Waals surface area contributed by atoms with Crippen molar-refractivity contribution in [3.8, 4) is 0 Å². The Morgan fingerprint density at radius 2 is 1.68 bits per heavy atom. The van der Waals surface area contributed by atoms with Gasteiger partial charge in [-0.1, -0.05) is 50.1 Å². The molecule has 3 aliphatic rings. The molecule has 3 fully saturated rings. The van der Waals surface area contributed by atoms with Crippen molar-refractivity contribution >= 4 is 12.4 Å². The van der Waals surface area contributed by atoms with E-state index in [0.29, 0.717) is 12.4 Å². The Morgan fingerprint density at radius 1 is 0.960 bits per heavy atom. The van der Waals surface area contributed by atoms with E-state index in [4.69, 9.17) is 10.3 Å². The SMILES string of the molecule is Cl.NCc1nc(CN(C2CC2)C2CCCCC2C2CCCCC2)no1. The van der Waals surface area contributed by atoms with Gasteiger partial charge in [0.05, 0.1) is 13.1 Å². The zero-order valence-corrected chi connectivity index (χ0v) is 16.1. The van der Waals surface area contributed by atoms with Gasteiger partial charge in [0.15, 0.2) is 5.82 Å². The monoisotopic (exact) mass is 368 g/mol. The van der Waals surface area contributed by atoms with Crippen LogP contribution in [0.25, 0.3) is 0 Å². The lowest BCUT2D eigenvalue weighted by molar-refractivity contribution is 0.0435. The van der Waals surface area contributed by atoms with E-state index >= 15 is 0 Å². The smallest absolute Gasteiger partial charge is 0.240 e. The molecule has 2 unspecified atom stereocenters. The normalized spacial score (nSPS) is 28.1. The minimum absolute atomic E-state index is 0. The van der Waals surface area contributed by atoms with Gasteiger partial charge in [0, 0.05) is 12.1 Å². The number of rotatable bonds is 6. The molecule has 142 valence electrons. The summed E-state index contributed by atoms with van der Waals surface area (Å²) >= 11 is 0. The third-order valence-corrected chi connectivity index (χ3v) is 6.49. The zero-order chi connectivity index (χ0) is 16.4. The van der Waals surface area contributed by atoms with Crippen molar-refractivity contribution < 1.29 is 4.52 Å². The molecule has 3 aliphatic carbocycles. The molecule has 1 aromatic rings. The fourth-order valence-corrected chi connectivity index (χ4v) is 5.19. The van der Waals surface area contributed by atoms with Gasteiger partial charge in [0.25, 0.3) is 0 Å². The molecule has 25 heavy (non-hydrogen) atoms. The second-order valence-electron chi connectivity index (χ2n) is 8.13. The number of nitrogens with two attached hydrogens (primary N) is 1. The Bertz CT molecular complexity index is 527. The van der Waals surface area contributed by atoms with Crippen LogP contribution in [0.2, 0.25) is 0 Å². The van der Waals surface area contributed by atoms with Crippen molar-refractivity contribution in [2.45, 2.75) is 95.8 Å². The second kappa shape index (κ2) is 8.83. The first-order chi connectivity index (χ1) is 11.8. The number of halogens is 1. The highest BCUT2D eigenvalue weighted by Gasteiger charge is 2.41. The van der Waals surface area contributed by atoms with Gasteiger partial charge < -0.3 is 10.3 Å². The number of nitrogens with zero attached hydrogens (tertiary/aromatic N) is 3. The molecule has 0 radical (unpaired) electrons. The summed E-state index contributed by atoms with van der Waals surface area (Å²) in [6.07, 6.45) is 15.5. The predicted molar refractivity (Wildman–Crippen MR) is 100 cm³/mol. The summed E-state index contributed by atoms with van der Waals surface area (Å²) in [5.74, 6) is 3.24. The summed E-state index contributed by atoms with van der Waals surface area (Å²) in [4.78, 5) is 7.21. The first-order valence-electron chi connectivity index (χ1n) is 10.1. The maximum Gasteiger partial charge on any atom is 0.240 e. The summed E-state index contributed by atoms with van der Waals surface area (Å²) < 4.78 is 5.23. The largest absolute Gasteiger partial charge is 0.338 e. The molecular formula is C19H33ClN4O. The molecule has 0 aromatic carbocycles. The highest BCUT2D eigenvalue weighted by atomic mass is 35.5. The number of hydrogen-bond donors (Lipinski definition) is 1. The molecule has 0 saturated heterocycles. The minimum atomic E-state index is 0. The van der Waals surface area contributed by atoms with Crippen LogP contribution in [0.3, 0.4) is 0 Å². The van der Waals surface area contributed by atoms with Crippen LogP contribution in [-0.4, -0.2) is 27.1 Å². The molecule has 6 heteroatoms. The van der Waals surface area contributed by atoms with Gasteiger partial charge in [-0.2, -0.15) is 4.98 Å². The van der Waals surface area contributed by atoms with E-state index in [-0.39, 0.29) is 12.4 Å². The molecule has 0 amide bonds. The molecule has 4 rings (SSSR count). The third-order valence-electron chi connectivity index (χ3n) is 6.49. The summed E-state index contributed by atoms with van der Waals surface area (Å²) in [6.45, 7) is 1.19. The Kier molecular flexibility index (Phi) is 6.75. The van der Waals surface area contributed by atoms with E-state index in [1.165, 1.54) is 70.6 Å². The van der Waals surface area contributed by atoms with Gasteiger partial charge in [-0.05, 0) is 37.5 Å². The highest BCUT2D eigenvalue weighted by Crippen LogP contribution is 2.43. The van der Waals surface area contributed by atoms with E-state index in [1.807, 2.05) is 0 Å². The van der Waals surface area contributed by atoms with Crippen molar-refractivity contribution in [3.63, 3.8) is 0 Å². The van der Waals surface area contributed by atoms with E-state index < -0.39 is 0 Å². The summed E-state index contributed by atoms with van der Waals surface area (Å²) in [6, 6.07) is 1.48. The third kappa shape index (κ3) is 4.55. The molecule has 3 saturated carbocycles. The Labute approximate surface area is 157 Å². The van der Waals surface area contributed by atoms with Gasteiger partial charge in [0.1, 0.15) is 0 Å². The minimum Gasteiger partial charge on any atom is -0.338 e. The van der Waals surface area contributed by atoms with Crippen molar-refractivity contribution in [1.82, 2.24) is 15.0 Å². The van der Waals surface area contributed by atoms with Crippen LogP contribution >= 0.6 is 12.4 Å². The summed E-state index contributed by atoms with van der Waals surface area (Å²) in [5, 5.41) is 4.16. The van der Waals surface area contributed by atoms with Gasteiger partial charge in [-0.25, -0.2) is 0 Å². The van der Waals surface area contributed by atoms with Crippen molar-refractivity contribution in [3.05, 3.63) is 11.7 Å². The average Bonchev–Trinajstić information content (AvgIpc) is 3.39. The lowest BCUT2D eigenvalue weighted by Crippen LogP contribution is -2.46. The van der Waals surface area contributed by atoms with E-state index in [9.17, 15) is 0 Å². The van der Waals surface area contributed by atoms with E-state index in [1.54, 1.807) is 0 Å². The Morgan fingerprint density at radius 3 is 2.36 bits per heavy atom. The lowest BCUT2D eigenvalue weighted by Gasteiger charge is -2.44. The molecule has 2 atom stereocenters. The standard InChI is InChI=1S/C19H32N4O.ClH/c20-12-19-21-18(22-24-19)13-23(15-10-11-15)17-9-5-4-8-16(17)14-6-2-1-3-7-14;/h14-17H,1-13,20H2;1H. The lowest BCUT2D eigenvalue weighted by atomic mass is 9.70. The fraction of sp³-hybridized carbons (Fsp3) is 0.895. The van der Waals surface area contributed by atoms with Crippen LogP contribution in [0.5, 0.6) is 0 Å². The van der Waals surface area contributed by atoms with Crippen LogP contribution < -0.4 is 5.73 Å². The van der Waals surface area contributed by atoms with E-state index in [0.717, 1.165) is 36.3 Å². The molecule has 1 aromatic heterocycles. The van der Waals surface area contributed by atoms with Gasteiger partial charge >= 0.3 is 0 Å². The van der Waals surface area contributed by atoms with Crippen LogP contribution in [0.1, 0.15) is 82.3 Å². The van der Waals surface area contributed by atoms with Crippen LogP contribution in [-0.2, 0) is 13.1 Å². The molecule has 0 bridgehead atoms. The van der Waals surface area contributed by atoms with Gasteiger partial charge in [-0.3, -0.25) is 4.90 Å². The predicted octanol–water partition coefficient (Wildman–Crippen LogP) is 4.05. The summed E-state index contributed by atoms with van der Waals surface area (Å²) in [5.41, 5.74) is 5.62. The molecule has 0 spiro atoms. The van der Waals surface area contributed by atoms with Gasteiger partial charge in [-0.15, -0.1) is 12.4 Å². The van der Waals surface area contributed by atoms with Crippen LogP contribution in [0.15, 0.2) is 4.52 Å². The van der Waals surface area contributed by atoms with Crippen LogP contribution in [0, 0.1) is 11.8 Å². The Hall–Kier alpha value is -0.650. The van der Waals surface area contributed by atoms with Crippen molar-refractivity contribution in [1.29, 1.82) is 0 Å².